The molecule has 0 bridgehead atoms. The number of aryl methyl sites for hydroxylation is 1. The molecular weight excluding hydrogens is 455 g/mol. The summed E-state index contributed by atoms with van der Waals surface area (Å²) in [7, 11) is 3.57. The number of alkyl halides is 3. The van der Waals surface area contributed by atoms with Crippen LogP contribution in [0.3, 0.4) is 0 Å². The third-order valence-electron chi connectivity index (χ3n) is 6.59. The van der Waals surface area contributed by atoms with Crippen LogP contribution in [0.4, 0.5) is 18.9 Å². The second-order valence-corrected chi connectivity index (χ2v) is 8.70. The predicted octanol–water partition coefficient (Wildman–Crippen LogP) is 5.75. The number of hydrogen-bond acceptors (Lipinski definition) is 2. The zero-order chi connectivity index (χ0) is 24.9. The summed E-state index contributed by atoms with van der Waals surface area (Å²) in [5, 5.41) is 3.69. The lowest BCUT2D eigenvalue weighted by Gasteiger charge is -2.39. The molecule has 0 unspecified atom stereocenters. The summed E-state index contributed by atoms with van der Waals surface area (Å²) in [6, 6.07) is 18.4. The van der Waals surface area contributed by atoms with Crippen molar-refractivity contribution >= 4 is 28.4 Å². The molecule has 0 spiro atoms. The maximum atomic E-state index is 13.7. The van der Waals surface area contributed by atoms with Crippen LogP contribution in [0.25, 0.3) is 10.9 Å². The fraction of sp³-hybridized carbons (Fsp3) is 0.185. The second kappa shape index (κ2) is 8.30. The summed E-state index contributed by atoms with van der Waals surface area (Å²) in [6.45, 7) is 0. The number of halogens is 3. The Labute approximate surface area is 199 Å². The third kappa shape index (κ3) is 3.84. The van der Waals surface area contributed by atoms with E-state index in [2.05, 4.69) is 5.32 Å². The van der Waals surface area contributed by atoms with Gasteiger partial charge in [0.1, 0.15) is 0 Å². The number of carbonyl (C=O) groups is 2. The highest BCUT2D eigenvalue weighted by Crippen LogP contribution is 2.45. The standard InChI is InChI=1S/C27H22F3N3O2/c1-32-15-21(18-7-5-6-10-22(18)32)24-23(19-8-3-4-9-20(19)26(35)33(24)2)25(34)31-17-13-11-16(12-14-17)27(28,29)30/h3-15,23-24H,1-2H3,(H,31,34)/t23-,24-/m1/s1. The lowest BCUT2D eigenvalue weighted by molar-refractivity contribution is -0.137. The number of anilines is 1. The molecule has 2 atom stereocenters. The first-order chi connectivity index (χ1) is 16.7. The number of hydrogen-bond donors (Lipinski definition) is 1. The molecule has 1 aliphatic rings. The Hall–Kier alpha value is -4.07. The Bertz CT molecular complexity index is 1440. The molecule has 1 aliphatic heterocycles. The molecule has 4 aromatic rings. The lowest BCUT2D eigenvalue weighted by Crippen LogP contribution is -2.44. The molecule has 8 heteroatoms. The number of nitrogens with one attached hydrogen (secondary N) is 1. The first-order valence-corrected chi connectivity index (χ1v) is 11.0. The Balaban J connectivity index is 1.60. The van der Waals surface area contributed by atoms with Gasteiger partial charge < -0.3 is 14.8 Å². The van der Waals surface area contributed by atoms with Crippen molar-refractivity contribution in [1.29, 1.82) is 0 Å². The van der Waals surface area contributed by atoms with E-state index in [-0.39, 0.29) is 11.6 Å². The van der Waals surface area contributed by atoms with E-state index in [1.807, 2.05) is 42.1 Å². The number of fused-ring (bicyclic) bond motifs is 2. The van der Waals surface area contributed by atoms with Gasteiger partial charge in [-0.05, 0) is 42.0 Å². The number of benzene rings is 3. The molecule has 5 rings (SSSR count). The van der Waals surface area contributed by atoms with Crippen molar-refractivity contribution in [2.24, 2.45) is 7.05 Å². The Kier molecular flexibility index (Phi) is 5.39. The van der Waals surface area contributed by atoms with E-state index < -0.39 is 29.6 Å². The van der Waals surface area contributed by atoms with Crippen molar-refractivity contribution in [3.05, 3.63) is 101 Å². The molecule has 1 N–H and O–H groups in total. The maximum absolute atomic E-state index is 13.7. The molecule has 5 nitrogen and oxygen atoms in total. The highest BCUT2D eigenvalue weighted by atomic mass is 19.4. The van der Waals surface area contributed by atoms with Gasteiger partial charge >= 0.3 is 6.18 Å². The van der Waals surface area contributed by atoms with Gasteiger partial charge in [-0.1, -0.05) is 36.4 Å². The second-order valence-electron chi connectivity index (χ2n) is 8.70. The first kappa shape index (κ1) is 22.7. The third-order valence-corrected chi connectivity index (χ3v) is 6.59. The van der Waals surface area contributed by atoms with Crippen LogP contribution in [0.5, 0.6) is 0 Å². The van der Waals surface area contributed by atoms with E-state index in [1.54, 1.807) is 36.2 Å². The molecule has 3 aromatic carbocycles. The van der Waals surface area contributed by atoms with Crippen LogP contribution in [0.15, 0.2) is 79.0 Å². The number of rotatable bonds is 3. The van der Waals surface area contributed by atoms with Crippen molar-refractivity contribution in [3.8, 4) is 0 Å². The highest BCUT2D eigenvalue weighted by Gasteiger charge is 2.43. The van der Waals surface area contributed by atoms with Gasteiger partial charge in [0.15, 0.2) is 0 Å². The van der Waals surface area contributed by atoms with Gasteiger partial charge in [0, 0.05) is 48.0 Å². The van der Waals surface area contributed by atoms with Crippen molar-refractivity contribution in [1.82, 2.24) is 9.47 Å². The number of amides is 2. The lowest BCUT2D eigenvalue weighted by atomic mass is 9.79. The Morgan fingerprint density at radius 1 is 0.886 bits per heavy atom. The van der Waals surface area contributed by atoms with Crippen LogP contribution in [-0.2, 0) is 18.0 Å². The highest BCUT2D eigenvalue weighted by molar-refractivity contribution is 6.05. The topological polar surface area (TPSA) is 54.3 Å². The average molecular weight is 477 g/mol. The van der Waals surface area contributed by atoms with E-state index in [0.717, 1.165) is 28.6 Å². The molecule has 35 heavy (non-hydrogen) atoms. The van der Waals surface area contributed by atoms with Crippen molar-refractivity contribution in [2.45, 2.75) is 18.1 Å². The Morgan fingerprint density at radius 2 is 1.54 bits per heavy atom. The quantitative estimate of drug-likeness (QED) is 0.409. The van der Waals surface area contributed by atoms with Gasteiger partial charge in [-0.25, -0.2) is 0 Å². The number of para-hydroxylation sites is 1. The molecule has 0 fully saturated rings. The molecule has 1 aromatic heterocycles. The molecule has 2 amide bonds. The summed E-state index contributed by atoms with van der Waals surface area (Å²) in [5.41, 5.74) is 2.25. The SMILES string of the molecule is CN1C(=O)c2ccccc2[C@@H](C(=O)Nc2ccc(C(F)(F)F)cc2)[C@H]1c1cn(C)c2ccccc12. The van der Waals surface area contributed by atoms with Gasteiger partial charge in [-0.2, -0.15) is 13.2 Å². The minimum atomic E-state index is -4.46. The van der Waals surface area contributed by atoms with Crippen LogP contribution in [0.2, 0.25) is 0 Å². The van der Waals surface area contributed by atoms with Crippen LogP contribution < -0.4 is 5.32 Å². The fourth-order valence-electron chi connectivity index (χ4n) is 4.92. The summed E-state index contributed by atoms with van der Waals surface area (Å²) >= 11 is 0. The van der Waals surface area contributed by atoms with Crippen LogP contribution in [0.1, 0.15) is 39.0 Å². The van der Waals surface area contributed by atoms with Gasteiger partial charge in [-0.15, -0.1) is 0 Å². The molecular formula is C27H22F3N3O2. The smallest absolute Gasteiger partial charge is 0.350 e. The predicted molar refractivity (Wildman–Crippen MR) is 127 cm³/mol. The maximum Gasteiger partial charge on any atom is 0.416 e. The van der Waals surface area contributed by atoms with Crippen LogP contribution in [0, 0.1) is 0 Å². The molecule has 0 radical (unpaired) electrons. The molecule has 0 saturated heterocycles. The van der Waals surface area contributed by atoms with E-state index in [4.69, 9.17) is 0 Å². The van der Waals surface area contributed by atoms with Gasteiger partial charge in [0.05, 0.1) is 17.5 Å². The van der Waals surface area contributed by atoms with E-state index in [9.17, 15) is 22.8 Å². The molecule has 0 saturated carbocycles. The van der Waals surface area contributed by atoms with Gasteiger partial charge in [-0.3, -0.25) is 9.59 Å². The number of carbonyl (C=O) groups excluding carboxylic acids is 2. The normalized spacial score (nSPS) is 18.0. The summed E-state index contributed by atoms with van der Waals surface area (Å²) in [5.74, 6) is -1.38. The average Bonchev–Trinajstić information content (AvgIpc) is 3.17. The van der Waals surface area contributed by atoms with Crippen molar-refractivity contribution < 1.29 is 22.8 Å². The Morgan fingerprint density at radius 3 is 2.26 bits per heavy atom. The van der Waals surface area contributed by atoms with Gasteiger partial charge in [0.2, 0.25) is 5.91 Å². The minimum Gasteiger partial charge on any atom is -0.350 e. The zero-order valence-electron chi connectivity index (χ0n) is 19.0. The van der Waals surface area contributed by atoms with Crippen molar-refractivity contribution in [2.75, 3.05) is 12.4 Å². The van der Waals surface area contributed by atoms with E-state index in [0.29, 0.717) is 11.1 Å². The monoisotopic (exact) mass is 477 g/mol. The van der Waals surface area contributed by atoms with Crippen LogP contribution in [-0.4, -0.2) is 28.3 Å². The minimum absolute atomic E-state index is 0.197. The van der Waals surface area contributed by atoms with E-state index >= 15 is 0 Å². The van der Waals surface area contributed by atoms with Gasteiger partial charge in [0.25, 0.3) is 5.91 Å². The molecule has 178 valence electrons. The number of likely N-dealkylation sites (N-methyl/N-ethyl adjacent to an activating group) is 1. The zero-order valence-corrected chi connectivity index (χ0v) is 19.0. The summed E-state index contributed by atoms with van der Waals surface area (Å²) in [4.78, 5) is 28.6. The van der Waals surface area contributed by atoms with E-state index in [1.165, 1.54) is 12.1 Å². The fourth-order valence-corrected chi connectivity index (χ4v) is 4.92. The largest absolute Gasteiger partial charge is 0.416 e. The number of aromatic nitrogens is 1. The van der Waals surface area contributed by atoms with Crippen LogP contribution >= 0.6 is 0 Å². The summed E-state index contributed by atoms with van der Waals surface area (Å²) < 4.78 is 40.8. The molecule has 2 heterocycles. The summed E-state index contributed by atoms with van der Waals surface area (Å²) in [6.07, 6.45) is -2.54. The van der Waals surface area contributed by atoms with Crippen molar-refractivity contribution in [3.63, 3.8) is 0 Å². The molecule has 0 aliphatic carbocycles. The first-order valence-electron chi connectivity index (χ1n) is 11.0. The number of nitrogens with zero attached hydrogens (tertiary/aromatic N) is 2.